The van der Waals surface area contributed by atoms with E-state index in [1.54, 1.807) is 24.3 Å². The minimum Gasteiger partial charge on any atom is -0.508 e. The number of phenolic OH excluding ortho intramolecular Hbond substituents is 2. The first-order valence-corrected chi connectivity index (χ1v) is 8.56. The van der Waals surface area contributed by atoms with E-state index in [0.29, 0.717) is 23.7 Å². The van der Waals surface area contributed by atoms with Crippen LogP contribution in [0.1, 0.15) is 11.1 Å². The van der Waals surface area contributed by atoms with E-state index in [9.17, 15) is 0 Å². The Balaban J connectivity index is 0.000000170. The maximum absolute atomic E-state index is 9.14. The van der Waals surface area contributed by atoms with Gasteiger partial charge < -0.3 is 24.4 Å². The van der Waals surface area contributed by atoms with Gasteiger partial charge in [-0.05, 0) is 48.2 Å². The first kappa shape index (κ1) is 17.7. The highest BCUT2D eigenvalue weighted by Gasteiger charge is 2.26. The predicted octanol–water partition coefficient (Wildman–Crippen LogP) is 2.68. The molecule has 2 fully saturated rings. The molecule has 5 heteroatoms. The minimum absolute atomic E-state index is 0.299. The highest BCUT2D eigenvalue weighted by molar-refractivity contribution is 5.29. The van der Waals surface area contributed by atoms with E-state index < -0.39 is 0 Å². The van der Waals surface area contributed by atoms with Gasteiger partial charge in [0.2, 0.25) is 0 Å². The summed E-state index contributed by atoms with van der Waals surface area (Å²) >= 11 is 0. The maximum Gasteiger partial charge on any atom is 0.115 e. The molecule has 0 amide bonds. The van der Waals surface area contributed by atoms with Crippen LogP contribution in [-0.4, -0.2) is 48.8 Å². The molecular weight excluding hydrogens is 320 g/mol. The lowest BCUT2D eigenvalue weighted by molar-refractivity contribution is 0.102. The lowest BCUT2D eigenvalue weighted by Gasteiger charge is -2.02. The predicted molar refractivity (Wildman–Crippen MR) is 93.9 cm³/mol. The molecule has 0 aromatic heterocycles. The Bertz CT molecular complexity index is 573. The fourth-order valence-electron chi connectivity index (χ4n) is 2.27. The van der Waals surface area contributed by atoms with Gasteiger partial charge in [-0.1, -0.05) is 24.3 Å². The average molecular weight is 344 g/mol. The highest BCUT2D eigenvalue weighted by atomic mass is 16.6. The van der Waals surface area contributed by atoms with Crippen molar-refractivity contribution in [2.45, 2.75) is 25.0 Å². The molecule has 5 nitrogen and oxygen atoms in total. The summed E-state index contributed by atoms with van der Waals surface area (Å²) in [6, 6.07) is 14.5. The summed E-state index contributed by atoms with van der Waals surface area (Å²) in [5.74, 6) is 0.599. The van der Waals surface area contributed by atoms with E-state index in [0.717, 1.165) is 39.3 Å². The molecule has 2 unspecified atom stereocenters. The van der Waals surface area contributed by atoms with E-state index in [-0.39, 0.29) is 0 Å². The summed E-state index contributed by atoms with van der Waals surface area (Å²) in [6.45, 7) is 3.26. The number of epoxide rings is 2. The van der Waals surface area contributed by atoms with Crippen molar-refractivity contribution in [2.75, 3.05) is 26.4 Å². The lowest BCUT2D eigenvalue weighted by atomic mass is 10.0. The third-order valence-corrected chi connectivity index (χ3v) is 3.99. The quantitative estimate of drug-likeness (QED) is 0.756. The number of hydrogen-bond donors (Lipinski definition) is 2. The van der Waals surface area contributed by atoms with Gasteiger partial charge in [0.15, 0.2) is 0 Å². The molecule has 2 aromatic carbocycles. The van der Waals surface area contributed by atoms with Gasteiger partial charge in [-0.15, -0.1) is 0 Å². The molecule has 0 radical (unpaired) electrons. The van der Waals surface area contributed by atoms with Crippen LogP contribution < -0.4 is 0 Å². The molecule has 0 saturated carbocycles. The summed E-state index contributed by atoms with van der Waals surface area (Å²) in [4.78, 5) is 0. The van der Waals surface area contributed by atoms with Gasteiger partial charge in [0.05, 0.1) is 26.4 Å². The van der Waals surface area contributed by atoms with Crippen LogP contribution in [0.15, 0.2) is 48.5 Å². The van der Waals surface area contributed by atoms with Crippen LogP contribution in [0.3, 0.4) is 0 Å². The Morgan fingerprint density at radius 2 is 1.08 bits per heavy atom. The minimum atomic E-state index is 0.299. The van der Waals surface area contributed by atoms with Gasteiger partial charge in [0, 0.05) is 0 Å². The van der Waals surface area contributed by atoms with Crippen LogP contribution in [0.5, 0.6) is 11.5 Å². The summed E-state index contributed by atoms with van der Waals surface area (Å²) in [7, 11) is 0. The van der Waals surface area contributed by atoms with Crippen LogP contribution in [-0.2, 0) is 27.1 Å². The standard InChI is InChI=1S/C14H14O2.C6H10O3/c15-13-7-3-11(4-8-13)1-2-12-5-9-14(16)10-6-12;1(5-3-8-5)7-2-6-4-9-6/h3-10,15-16H,1-2H2;5-6H,1-4H2. The Morgan fingerprint density at radius 3 is 1.40 bits per heavy atom. The zero-order valence-corrected chi connectivity index (χ0v) is 14.1. The Morgan fingerprint density at radius 1 is 0.720 bits per heavy atom. The highest BCUT2D eigenvalue weighted by Crippen LogP contribution is 2.14. The largest absolute Gasteiger partial charge is 0.508 e. The maximum atomic E-state index is 9.14. The first-order chi connectivity index (χ1) is 12.2. The molecule has 2 aliphatic rings. The van der Waals surface area contributed by atoms with Crippen molar-refractivity contribution < 1.29 is 24.4 Å². The van der Waals surface area contributed by atoms with Crippen LogP contribution in [0.25, 0.3) is 0 Å². The fraction of sp³-hybridized carbons (Fsp3) is 0.400. The van der Waals surface area contributed by atoms with E-state index in [1.165, 1.54) is 11.1 Å². The van der Waals surface area contributed by atoms with E-state index in [1.807, 2.05) is 24.3 Å². The Labute approximate surface area is 147 Å². The third kappa shape index (κ3) is 7.13. The van der Waals surface area contributed by atoms with Gasteiger partial charge in [-0.3, -0.25) is 0 Å². The second-order valence-electron chi connectivity index (χ2n) is 6.28. The van der Waals surface area contributed by atoms with Gasteiger partial charge in [-0.2, -0.15) is 0 Å². The molecule has 2 N–H and O–H groups in total. The molecule has 2 aliphatic heterocycles. The average Bonchev–Trinajstić information content (AvgIpc) is 3.52. The second-order valence-corrected chi connectivity index (χ2v) is 6.28. The van der Waals surface area contributed by atoms with Crippen LogP contribution in [0.2, 0.25) is 0 Å². The first-order valence-electron chi connectivity index (χ1n) is 8.56. The van der Waals surface area contributed by atoms with E-state index >= 15 is 0 Å². The monoisotopic (exact) mass is 344 g/mol. The summed E-state index contributed by atoms with van der Waals surface area (Å²) in [5, 5.41) is 18.3. The number of benzene rings is 2. The van der Waals surface area contributed by atoms with Gasteiger partial charge >= 0.3 is 0 Å². The van der Waals surface area contributed by atoms with E-state index in [4.69, 9.17) is 24.4 Å². The van der Waals surface area contributed by atoms with Crippen LogP contribution >= 0.6 is 0 Å². The molecule has 134 valence electrons. The zero-order chi connectivity index (χ0) is 17.5. The van der Waals surface area contributed by atoms with Crippen molar-refractivity contribution in [1.82, 2.24) is 0 Å². The number of aryl methyl sites for hydroxylation is 2. The van der Waals surface area contributed by atoms with Crippen LogP contribution in [0, 0.1) is 0 Å². The van der Waals surface area contributed by atoms with Crippen molar-refractivity contribution >= 4 is 0 Å². The fourth-order valence-corrected chi connectivity index (χ4v) is 2.27. The molecule has 2 heterocycles. The van der Waals surface area contributed by atoms with Crippen molar-refractivity contribution in [3.05, 3.63) is 59.7 Å². The number of ether oxygens (including phenoxy) is 3. The number of aromatic hydroxyl groups is 2. The molecule has 25 heavy (non-hydrogen) atoms. The molecule has 0 bridgehead atoms. The summed E-state index contributed by atoms with van der Waals surface area (Å²) in [6.07, 6.45) is 2.66. The van der Waals surface area contributed by atoms with Crippen molar-refractivity contribution in [2.24, 2.45) is 0 Å². The second kappa shape index (κ2) is 8.85. The Hall–Kier alpha value is -2.08. The topological polar surface area (TPSA) is 74.8 Å². The van der Waals surface area contributed by atoms with Crippen LogP contribution in [0.4, 0.5) is 0 Å². The number of rotatable bonds is 7. The van der Waals surface area contributed by atoms with Gasteiger partial charge in [-0.25, -0.2) is 0 Å². The number of hydrogen-bond acceptors (Lipinski definition) is 5. The van der Waals surface area contributed by atoms with Gasteiger partial charge in [0.25, 0.3) is 0 Å². The zero-order valence-electron chi connectivity index (χ0n) is 14.1. The third-order valence-electron chi connectivity index (χ3n) is 3.99. The normalized spacial score (nSPS) is 20.5. The molecule has 2 atom stereocenters. The smallest absolute Gasteiger partial charge is 0.115 e. The van der Waals surface area contributed by atoms with Crippen molar-refractivity contribution in [3.63, 3.8) is 0 Å². The lowest BCUT2D eigenvalue weighted by Crippen LogP contribution is -2.06. The molecule has 4 rings (SSSR count). The molecular formula is C20H24O5. The molecule has 2 aromatic rings. The molecule has 0 spiro atoms. The summed E-state index contributed by atoms with van der Waals surface area (Å²) < 4.78 is 15.1. The number of phenols is 2. The van der Waals surface area contributed by atoms with E-state index in [2.05, 4.69) is 0 Å². The molecule has 0 aliphatic carbocycles. The van der Waals surface area contributed by atoms with Crippen molar-refractivity contribution in [1.29, 1.82) is 0 Å². The Kier molecular flexibility index (Phi) is 6.28. The van der Waals surface area contributed by atoms with Crippen molar-refractivity contribution in [3.8, 4) is 11.5 Å². The SMILES string of the molecule is C(OCC1CO1)C1CO1.Oc1ccc(CCc2ccc(O)cc2)cc1. The van der Waals surface area contributed by atoms with Gasteiger partial charge in [0.1, 0.15) is 23.7 Å². The molecule has 2 saturated heterocycles. The summed E-state index contributed by atoms with van der Waals surface area (Å²) in [5.41, 5.74) is 2.40.